The summed E-state index contributed by atoms with van der Waals surface area (Å²) >= 11 is 0. The summed E-state index contributed by atoms with van der Waals surface area (Å²) in [5.41, 5.74) is -0.629. The lowest BCUT2D eigenvalue weighted by Gasteiger charge is -2.45. The monoisotopic (exact) mass is 268 g/mol. The van der Waals surface area contributed by atoms with E-state index >= 15 is 0 Å². The average molecular weight is 268 g/mol. The first kappa shape index (κ1) is 14.3. The van der Waals surface area contributed by atoms with Gasteiger partial charge in [0.2, 0.25) is 11.8 Å². The number of hydrogen-bond acceptors (Lipinski definition) is 3. The Morgan fingerprint density at radius 3 is 2.58 bits per heavy atom. The number of carbonyl (C=O) groups excluding carboxylic acids is 2. The van der Waals surface area contributed by atoms with Crippen LogP contribution in [0.5, 0.6) is 0 Å². The highest BCUT2D eigenvalue weighted by Crippen LogP contribution is 2.35. The Bertz CT molecular complexity index is 364. The SMILES string of the molecule is CCC1C(=O)NC2(CCCC2)C(=O)N1CC(C)OC. The van der Waals surface area contributed by atoms with Crippen LogP contribution in [0.2, 0.25) is 0 Å². The van der Waals surface area contributed by atoms with Gasteiger partial charge in [0, 0.05) is 13.7 Å². The number of amides is 2. The van der Waals surface area contributed by atoms with Crippen LogP contribution >= 0.6 is 0 Å². The smallest absolute Gasteiger partial charge is 0.249 e. The lowest BCUT2D eigenvalue weighted by atomic mass is 9.90. The molecule has 2 atom stereocenters. The van der Waals surface area contributed by atoms with Crippen LogP contribution in [0.15, 0.2) is 0 Å². The number of nitrogens with one attached hydrogen (secondary N) is 1. The molecule has 1 heterocycles. The maximum atomic E-state index is 12.8. The molecule has 2 rings (SSSR count). The van der Waals surface area contributed by atoms with Crippen molar-refractivity contribution in [2.45, 2.75) is 63.6 Å². The standard InChI is InChI=1S/C14H24N2O3/c1-4-11-12(17)15-14(7-5-6-8-14)13(18)16(11)9-10(2)19-3/h10-11H,4-9H2,1-3H3,(H,15,17). The number of carbonyl (C=O) groups is 2. The van der Waals surface area contributed by atoms with Gasteiger partial charge in [0.15, 0.2) is 0 Å². The van der Waals surface area contributed by atoms with Gasteiger partial charge in [-0.15, -0.1) is 0 Å². The lowest BCUT2D eigenvalue weighted by Crippen LogP contribution is -2.70. The largest absolute Gasteiger partial charge is 0.380 e. The van der Waals surface area contributed by atoms with E-state index in [0.717, 1.165) is 25.7 Å². The minimum absolute atomic E-state index is 0.00713. The van der Waals surface area contributed by atoms with Gasteiger partial charge < -0.3 is 15.0 Å². The summed E-state index contributed by atoms with van der Waals surface area (Å²) in [4.78, 5) is 26.8. The fourth-order valence-electron chi connectivity index (χ4n) is 3.22. The van der Waals surface area contributed by atoms with E-state index < -0.39 is 5.54 Å². The molecule has 0 radical (unpaired) electrons. The van der Waals surface area contributed by atoms with Gasteiger partial charge >= 0.3 is 0 Å². The second-order valence-electron chi connectivity index (χ2n) is 5.71. The van der Waals surface area contributed by atoms with Gasteiger partial charge in [-0.1, -0.05) is 19.8 Å². The number of methoxy groups -OCH3 is 1. The first-order chi connectivity index (χ1) is 9.04. The van der Waals surface area contributed by atoms with Crippen molar-refractivity contribution in [3.05, 3.63) is 0 Å². The third-order valence-electron chi connectivity index (χ3n) is 4.41. The maximum Gasteiger partial charge on any atom is 0.249 e. The molecular weight excluding hydrogens is 244 g/mol. The molecule has 1 aliphatic carbocycles. The van der Waals surface area contributed by atoms with Gasteiger partial charge in [0.1, 0.15) is 11.6 Å². The summed E-state index contributed by atoms with van der Waals surface area (Å²) in [7, 11) is 1.63. The molecule has 19 heavy (non-hydrogen) atoms. The van der Waals surface area contributed by atoms with Gasteiger partial charge in [-0.2, -0.15) is 0 Å². The maximum absolute atomic E-state index is 12.8. The van der Waals surface area contributed by atoms with Gasteiger partial charge in [0.05, 0.1) is 6.10 Å². The van der Waals surface area contributed by atoms with Crippen LogP contribution in [0.4, 0.5) is 0 Å². The molecule has 2 aliphatic rings. The van der Waals surface area contributed by atoms with Gasteiger partial charge in [0.25, 0.3) is 0 Å². The zero-order valence-electron chi connectivity index (χ0n) is 12.1. The van der Waals surface area contributed by atoms with E-state index in [1.54, 1.807) is 12.0 Å². The van der Waals surface area contributed by atoms with E-state index in [-0.39, 0.29) is 24.0 Å². The summed E-state index contributed by atoms with van der Waals surface area (Å²) < 4.78 is 5.25. The highest BCUT2D eigenvalue weighted by atomic mass is 16.5. The number of nitrogens with zero attached hydrogens (tertiary/aromatic N) is 1. The molecular formula is C14H24N2O3. The highest BCUT2D eigenvalue weighted by molar-refractivity contribution is 6.00. The topological polar surface area (TPSA) is 58.6 Å². The molecule has 108 valence electrons. The Kier molecular flexibility index (Phi) is 4.13. The second kappa shape index (κ2) is 5.49. The third kappa shape index (κ3) is 2.48. The van der Waals surface area contributed by atoms with E-state index in [2.05, 4.69) is 5.32 Å². The Labute approximate surface area is 114 Å². The van der Waals surface area contributed by atoms with E-state index in [9.17, 15) is 9.59 Å². The normalized spacial score (nSPS) is 27.7. The minimum atomic E-state index is -0.629. The quantitative estimate of drug-likeness (QED) is 0.829. The van der Waals surface area contributed by atoms with Crippen molar-refractivity contribution in [3.8, 4) is 0 Å². The number of rotatable bonds is 4. The molecule has 1 saturated heterocycles. The average Bonchev–Trinajstić information content (AvgIpc) is 2.85. The fourth-order valence-corrected chi connectivity index (χ4v) is 3.22. The molecule has 0 aromatic rings. The van der Waals surface area contributed by atoms with Crippen molar-refractivity contribution < 1.29 is 14.3 Å². The Morgan fingerprint density at radius 2 is 2.05 bits per heavy atom. The van der Waals surface area contributed by atoms with E-state index in [1.165, 1.54) is 0 Å². The molecule has 2 unspecified atom stereocenters. The van der Waals surface area contributed by atoms with Crippen LogP contribution in [0.3, 0.4) is 0 Å². The third-order valence-corrected chi connectivity index (χ3v) is 4.41. The molecule has 1 N–H and O–H groups in total. The summed E-state index contributed by atoms with van der Waals surface area (Å²) in [6.45, 7) is 4.35. The van der Waals surface area contributed by atoms with Crippen LogP contribution in [0.25, 0.3) is 0 Å². The number of hydrogen-bond donors (Lipinski definition) is 1. The van der Waals surface area contributed by atoms with Crippen LogP contribution < -0.4 is 5.32 Å². The zero-order valence-corrected chi connectivity index (χ0v) is 12.1. The fraction of sp³-hybridized carbons (Fsp3) is 0.857. The summed E-state index contributed by atoms with van der Waals surface area (Å²) in [5.74, 6) is 0.0765. The predicted molar refractivity (Wildman–Crippen MR) is 71.6 cm³/mol. The van der Waals surface area contributed by atoms with Gasteiger partial charge in [-0.05, 0) is 26.2 Å². The van der Waals surface area contributed by atoms with E-state index in [1.807, 2.05) is 13.8 Å². The van der Waals surface area contributed by atoms with Crippen LogP contribution in [0.1, 0.15) is 46.0 Å². The molecule has 2 fully saturated rings. The molecule has 5 nitrogen and oxygen atoms in total. The lowest BCUT2D eigenvalue weighted by molar-refractivity contribution is -0.156. The van der Waals surface area contributed by atoms with Crippen LogP contribution in [0, 0.1) is 0 Å². The van der Waals surface area contributed by atoms with Crippen molar-refractivity contribution in [1.82, 2.24) is 10.2 Å². The Hall–Kier alpha value is -1.10. The summed E-state index contributed by atoms with van der Waals surface area (Å²) in [6.07, 6.45) is 4.15. The van der Waals surface area contributed by atoms with Crippen molar-refractivity contribution in [3.63, 3.8) is 0 Å². The molecule has 5 heteroatoms. The van der Waals surface area contributed by atoms with Crippen molar-refractivity contribution in [2.24, 2.45) is 0 Å². The molecule has 0 bridgehead atoms. The van der Waals surface area contributed by atoms with E-state index in [4.69, 9.17) is 4.74 Å². The minimum Gasteiger partial charge on any atom is -0.380 e. The zero-order chi connectivity index (χ0) is 14.0. The summed E-state index contributed by atoms with van der Waals surface area (Å²) in [6, 6.07) is -0.351. The Morgan fingerprint density at radius 1 is 1.42 bits per heavy atom. The van der Waals surface area contributed by atoms with Gasteiger partial charge in [-0.25, -0.2) is 0 Å². The van der Waals surface area contributed by atoms with E-state index in [0.29, 0.717) is 13.0 Å². The number of piperazine rings is 1. The molecule has 1 spiro atoms. The highest BCUT2D eigenvalue weighted by Gasteiger charge is 2.51. The van der Waals surface area contributed by atoms with Crippen LogP contribution in [-0.2, 0) is 14.3 Å². The van der Waals surface area contributed by atoms with Gasteiger partial charge in [-0.3, -0.25) is 9.59 Å². The van der Waals surface area contributed by atoms with Crippen molar-refractivity contribution >= 4 is 11.8 Å². The molecule has 1 saturated carbocycles. The van der Waals surface area contributed by atoms with Crippen LogP contribution in [-0.4, -0.2) is 48.1 Å². The molecule has 0 aromatic heterocycles. The second-order valence-corrected chi connectivity index (χ2v) is 5.71. The first-order valence-corrected chi connectivity index (χ1v) is 7.20. The number of ether oxygens (including phenoxy) is 1. The van der Waals surface area contributed by atoms with Crippen molar-refractivity contribution in [1.29, 1.82) is 0 Å². The molecule has 1 aliphatic heterocycles. The predicted octanol–water partition coefficient (Wildman–Crippen LogP) is 1.07. The summed E-state index contributed by atoms with van der Waals surface area (Å²) in [5, 5.41) is 2.99. The molecule has 2 amide bonds. The molecule has 0 aromatic carbocycles. The first-order valence-electron chi connectivity index (χ1n) is 7.20. The van der Waals surface area contributed by atoms with Crippen molar-refractivity contribution in [2.75, 3.05) is 13.7 Å². The Balaban J connectivity index is 2.23.